The Hall–Kier alpha value is -5.15. The topological polar surface area (TPSA) is 38.7 Å². The molecule has 0 radical (unpaired) electrons. The monoisotopic (exact) mass is 499 g/mol. The normalized spacial score (nSPS) is 11.2. The molecule has 1 heterocycles. The maximum Gasteiger partial charge on any atom is 0.164 e. The van der Waals surface area contributed by atoms with Crippen LogP contribution in [0.25, 0.3) is 66.8 Å². The summed E-state index contributed by atoms with van der Waals surface area (Å²) in [6.45, 7) is 2.08. The zero-order valence-electron chi connectivity index (χ0n) is 21.5. The molecule has 3 heteroatoms. The Kier molecular flexibility index (Phi) is 5.68. The second-order valence-corrected chi connectivity index (χ2v) is 9.81. The van der Waals surface area contributed by atoms with Gasteiger partial charge in [0.15, 0.2) is 17.5 Å². The molecule has 1 aromatic heterocycles. The molecule has 0 bridgehead atoms. The van der Waals surface area contributed by atoms with Crippen molar-refractivity contribution in [1.29, 1.82) is 0 Å². The molecular formula is C36H25N3. The van der Waals surface area contributed by atoms with Gasteiger partial charge in [-0.3, -0.25) is 0 Å². The van der Waals surface area contributed by atoms with Crippen LogP contribution in [0, 0.1) is 6.92 Å². The van der Waals surface area contributed by atoms with Crippen molar-refractivity contribution in [2.45, 2.75) is 6.92 Å². The Morgan fingerprint density at radius 3 is 1.49 bits per heavy atom. The molecule has 184 valence electrons. The first kappa shape index (κ1) is 23.0. The number of hydrogen-bond donors (Lipinski definition) is 0. The highest BCUT2D eigenvalue weighted by atomic mass is 15.0. The van der Waals surface area contributed by atoms with E-state index in [2.05, 4.69) is 110 Å². The Labute approximate surface area is 227 Å². The van der Waals surface area contributed by atoms with Crippen molar-refractivity contribution in [2.24, 2.45) is 0 Å². The lowest BCUT2D eigenvalue weighted by atomic mass is 9.93. The lowest BCUT2D eigenvalue weighted by Gasteiger charge is -2.12. The summed E-state index contributed by atoms with van der Waals surface area (Å²) in [5.41, 5.74) is 6.48. The van der Waals surface area contributed by atoms with Gasteiger partial charge in [0.2, 0.25) is 0 Å². The third-order valence-electron chi connectivity index (χ3n) is 7.20. The van der Waals surface area contributed by atoms with E-state index in [0.29, 0.717) is 17.5 Å². The Bertz CT molecular complexity index is 1940. The van der Waals surface area contributed by atoms with Gasteiger partial charge in [0, 0.05) is 16.7 Å². The highest BCUT2D eigenvalue weighted by Crippen LogP contribution is 2.35. The molecule has 7 rings (SSSR count). The summed E-state index contributed by atoms with van der Waals surface area (Å²) in [7, 11) is 0. The second kappa shape index (κ2) is 9.62. The third kappa shape index (κ3) is 4.34. The molecule has 0 aliphatic carbocycles. The molecule has 7 aromatic rings. The first-order chi connectivity index (χ1) is 19.2. The average Bonchev–Trinajstić information content (AvgIpc) is 3.01. The molecule has 0 fully saturated rings. The largest absolute Gasteiger partial charge is 0.208 e. The molecule has 0 amide bonds. The van der Waals surface area contributed by atoms with Crippen LogP contribution in [0.2, 0.25) is 0 Å². The summed E-state index contributed by atoms with van der Waals surface area (Å²) in [6, 6.07) is 46.5. The van der Waals surface area contributed by atoms with Gasteiger partial charge in [-0.1, -0.05) is 133 Å². The maximum absolute atomic E-state index is 4.90. The molecule has 0 spiro atoms. The van der Waals surface area contributed by atoms with Crippen molar-refractivity contribution in [3.05, 3.63) is 139 Å². The van der Waals surface area contributed by atoms with E-state index in [-0.39, 0.29) is 0 Å². The van der Waals surface area contributed by atoms with Gasteiger partial charge in [0.05, 0.1) is 0 Å². The van der Waals surface area contributed by atoms with Crippen molar-refractivity contribution in [2.75, 3.05) is 0 Å². The highest BCUT2D eigenvalue weighted by Gasteiger charge is 2.13. The van der Waals surface area contributed by atoms with Crippen molar-refractivity contribution in [3.63, 3.8) is 0 Å². The van der Waals surface area contributed by atoms with Crippen LogP contribution in [-0.2, 0) is 0 Å². The van der Waals surface area contributed by atoms with E-state index in [1.165, 1.54) is 32.7 Å². The number of fused-ring (bicyclic) bond motifs is 3. The predicted octanol–water partition coefficient (Wildman–Crippen LogP) is 9.15. The standard InChI is InChI=1S/C36H25N3/c1-24-15-17-27(18-16-24)35-37-34(26-9-3-2-4-10-26)38-36(39-35)28-21-19-25(20-22-28)33-23-29-11-5-6-12-30(29)31-13-7-8-14-32(31)33/h2-23H,1H3. The van der Waals surface area contributed by atoms with E-state index < -0.39 is 0 Å². The predicted molar refractivity (Wildman–Crippen MR) is 161 cm³/mol. The Morgan fingerprint density at radius 1 is 0.385 bits per heavy atom. The minimum absolute atomic E-state index is 0.661. The molecule has 3 nitrogen and oxygen atoms in total. The zero-order valence-corrected chi connectivity index (χ0v) is 21.5. The minimum atomic E-state index is 0.661. The van der Waals surface area contributed by atoms with Gasteiger partial charge in [-0.2, -0.15) is 0 Å². The number of aromatic nitrogens is 3. The molecule has 0 atom stereocenters. The fourth-order valence-electron chi connectivity index (χ4n) is 5.15. The van der Waals surface area contributed by atoms with Gasteiger partial charge in [0.25, 0.3) is 0 Å². The van der Waals surface area contributed by atoms with Crippen LogP contribution >= 0.6 is 0 Å². The van der Waals surface area contributed by atoms with Crippen LogP contribution in [0.15, 0.2) is 133 Å². The van der Waals surface area contributed by atoms with Crippen LogP contribution in [0.5, 0.6) is 0 Å². The Morgan fingerprint density at radius 2 is 0.846 bits per heavy atom. The number of benzene rings is 6. The van der Waals surface area contributed by atoms with Gasteiger partial charge in [-0.05, 0) is 45.7 Å². The van der Waals surface area contributed by atoms with E-state index in [4.69, 9.17) is 15.0 Å². The quantitative estimate of drug-likeness (QED) is 0.227. The van der Waals surface area contributed by atoms with Crippen LogP contribution < -0.4 is 0 Å². The smallest absolute Gasteiger partial charge is 0.164 e. The van der Waals surface area contributed by atoms with Gasteiger partial charge in [-0.25, -0.2) is 15.0 Å². The lowest BCUT2D eigenvalue weighted by Crippen LogP contribution is -2.00. The number of hydrogen-bond acceptors (Lipinski definition) is 3. The fraction of sp³-hybridized carbons (Fsp3) is 0.0278. The molecule has 39 heavy (non-hydrogen) atoms. The van der Waals surface area contributed by atoms with Gasteiger partial charge >= 0.3 is 0 Å². The van der Waals surface area contributed by atoms with E-state index in [9.17, 15) is 0 Å². The molecule has 0 saturated carbocycles. The van der Waals surface area contributed by atoms with Gasteiger partial charge in [-0.15, -0.1) is 0 Å². The first-order valence-electron chi connectivity index (χ1n) is 13.1. The molecular weight excluding hydrogens is 474 g/mol. The molecule has 0 saturated heterocycles. The molecule has 0 aliphatic rings. The van der Waals surface area contributed by atoms with Crippen LogP contribution in [0.1, 0.15) is 5.56 Å². The van der Waals surface area contributed by atoms with Crippen LogP contribution in [0.3, 0.4) is 0 Å². The molecule has 0 aliphatic heterocycles. The van der Waals surface area contributed by atoms with E-state index in [1.807, 2.05) is 30.3 Å². The average molecular weight is 500 g/mol. The van der Waals surface area contributed by atoms with E-state index in [0.717, 1.165) is 22.3 Å². The number of aryl methyl sites for hydroxylation is 1. The van der Waals surface area contributed by atoms with Gasteiger partial charge < -0.3 is 0 Å². The summed E-state index contributed by atoms with van der Waals surface area (Å²) in [5, 5.41) is 5.03. The third-order valence-corrected chi connectivity index (χ3v) is 7.20. The van der Waals surface area contributed by atoms with E-state index >= 15 is 0 Å². The van der Waals surface area contributed by atoms with Crippen LogP contribution in [-0.4, -0.2) is 15.0 Å². The highest BCUT2D eigenvalue weighted by molar-refractivity contribution is 6.13. The van der Waals surface area contributed by atoms with Crippen molar-refractivity contribution >= 4 is 21.5 Å². The van der Waals surface area contributed by atoms with Crippen LogP contribution in [0.4, 0.5) is 0 Å². The zero-order chi connectivity index (χ0) is 26.2. The van der Waals surface area contributed by atoms with E-state index in [1.54, 1.807) is 0 Å². The summed E-state index contributed by atoms with van der Waals surface area (Å²) in [4.78, 5) is 14.6. The lowest BCUT2D eigenvalue weighted by molar-refractivity contribution is 1.07. The van der Waals surface area contributed by atoms with Crippen molar-refractivity contribution < 1.29 is 0 Å². The van der Waals surface area contributed by atoms with Crippen molar-refractivity contribution in [3.8, 4) is 45.3 Å². The SMILES string of the molecule is Cc1ccc(-c2nc(-c3ccccc3)nc(-c3ccc(-c4cc5ccccc5c5ccccc45)cc3)n2)cc1. The molecule has 0 unspecified atom stereocenters. The summed E-state index contributed by atoms with van der Waals surface area (Å²) in [6.07, 6.45) is 0. The number of rotatable bonds is 4. The van der Waals surface area contributed by atoms with Gasteiger partial charge in [0.1, 0.15) is 0 Å². The first-order valence-corrected chi connectivity index (χ1v) is 13.1. The summed E-state index contributed by atoms with van der Waals surface area (Å²) in [5.74, 6) is 2.00. The summed E-state index contributed by atoms with van der Waals surface area (Å²) < 4.78 is 0. The summed E-state index contributed by atoms with van der Waals surface area (Å²) >= 11 is 0. The van der Waals surface area contributed by atoms with Crippen molar-refractivity contribution in [1.82, 2.24) is 15.0 Å². The number of nitrogens with zero attached hydrogens (tertiary/aromatic N) is 3. The maximum atomic E-state index is 4.90. The molecule has 6 aromatic carbocycles. The second-order valence-electron chi connectivity index (χ2n) is 9.81. The Balaban J connectivity index is 1.35. The fourth-order valence-corrected chi connectivity index (χ4v) is 5.15. The minimum Gasteiger partial charge on any atom is -0.208 e. The molecule has 0 N–H and O–H groups in total.